The number of carbonyl (C=O) groups is 1. The normalized spacial score (nSPS) is 12.4. The van der Waals surface area contributed by atoms with Crippen molar-refractivity contribution in [3.05, 3.63) is 12.3 Å². The number of nitrogens with one attached hydrogen (secondary N) is 1. The number of hydrogen-bond acceptors (Lipinski definition) is 3. The van der Waals surface area contributed by atoms with Gasteiger partial charge in [-0.2, -0.15) is 5.10 Å². The molecule has 78 valence electrons. The molecule has 2 N–H and O–H groups in total. The lowest BCUT2D eigenvalue weighted by atomic mass is 10.3. The number of nitrogens with zero attached hydrogens (tertiary/aromatic N) is 2. The van der Waals surface area contributed by atoms with Crippen LogP contribution in [-0.4, -0.2) is 27.4 Å². The standard InChI is InChI=1S/C9H15N3O2/c1-3-7(2)12-5-4-8(11-12)10-6-9(13)14/h4-5,7H,3,6H2,1-2H3,(H,10,11)(H,13,14). The van der Waals surface area contributed by atoms with Crippen LogP contribution in [0.5, 0.6) is 0 Å². The predicted molar refractivity (Wildman–Crippen MR) is 53.4 cm³/mol. The first-order chi connectivity index (χ1) is 6.63. The number of hydrogen-bond donors (Lipinski definition) is 2. The molecule has 0 spiro atoms. The molecule has 0 fully saturated rings. The van der Waals surface area contributed by atoms with Crippen molar-refractivity contribution < 1.29 is 9.90 Å². The SMILES string of the molecule is CCC(C)n1ccc(NCC(=O)O)n1. The van der Waals surface area contributed by atoms with Gasteiger partial charge in [0, 0.05) is 18.3 Å². The van der Waals surface area contributed by atoms with Gasteiger partial charge in [0.05, 0.1) is 0 Å². The quantitative estimate of drug-likeness (QED) is 0.747. The second kappa shape index (κ2) is 4.64. The molecule has 0 bridgehead atoms. The Morgan fingerprint density at radius 2 is 2.50 bits per heavy atom. The van der Waals surface area contributed by atoms with E-state index in [1.165, 1.54) is 0 Å². The Morgan fingerprint density at radius 3 is 3.07 bits per heavy atom. The van der Waals surface area contributed by atoms with Crippen molar-refractivity contribution in [3.8, 4) is 0 Å². The van der Waals surface area contributed by atoms with Gasteiger partial charge in [-0.3, -0.25) is 9.48 Å². The van der Waals surface area contributed by atoms with E-state index in [4.69, 9.17) is 5.11 Å². The molecule has 5 nitrogen and oxygen atoms in total. The Labute approximate surface area is 82.7 Å². The molecule has 0 aliphatic heterocycles. The van der Waals surface area contributed by atoms with E-state index >= 15 is 0 Å². The molecular weight excluding hydrogens is 182 g/mol. The highest BCUT2D eigenvalue weighted by molar-refractivity contribution is 5.72. The lowest BCUT2D eigenvalue weighted by molar-refractivity contribution is -0.134. The van der Waals surface area contributed by atoms with Gasteiger partial charge in [-0.25, -0.2) is 0 Å². The Morgan fingerprint density at radius 1 is 1.79 bits per heavy atom. The van der Waals surface area contributed by atoms with Gasteiger partial charge < -0.3 is 10.4 Å². The first kappa shape index (κ1) is 10.6. The summed E-state index contributed by atoms with van der Waals surface area (Å²) in [6.45, 7) is 4.04. The fourth-order valence-electron chi connectivity index (χ4n) is 1.03. The van der Waals surface area contributed by atoms with Crippen LogP contribution in [0.2, 0.25) is 0 Å². The Bertz CT molecular complexity index is 309. The van der Waals surface area contributed by atoms with E-state index in [1.54, 1.807) is 6.07 Å². The molecule has 1 rings (SSSR count). The van der Waals surface area contributed by atoms with E-state index < -0.39 is 5.97 Å². The van der Waals surface area contributed by atoms with Gasteiger partial charge in [0.1, 0.15) is 12.4 Å². The van der Waals surface area contributed by atoms with Crippen LogP contribution >= 0.6 is 0 Å². The lowest BCUT2D eigenvalue weighted by Gasteiger charge is -2.07. The van der Waals surface area contributed by atoms with E-state index in [0.29, 0.717) is 11.9 Å². The van der Waals surface area contributed by atoms with Crippen LogP contribution in [0.15, 0.2) is 12.3 Å². The van der Waals surface area contributed by atoms with Crippen molar-refractivity contribution in [3.63, 3.8) is 0 Å². The topological polar surface area (TPSA) is 67.2 Å². The molecule has 14 heavy (non-hydrogen) atoms. The van der Waals surface area contributed by atoms with E-state index in [2.05, 4.69) is 24.3 Å². The molecule has 0 amide bonds. The summed E-state index contributed by atoms with van der Waals surface area (Å²) >= 11 is 0. The largest absolute Gasteiger partial charge is 0.480 e. The third-order valence-corrected chi connectivity index (χ3v) is 2.07. The molecule has 1 aromatic heterocycles. The minimum Gasteiger partial charge on any atom is -0.480 e. The average Bonchev–Trinajstić information content (AvgIpc) is 2.62. The minimum atomic E-state index is -0.886. The third kappa shape index (κ3) is 2.76. The van der Waals surface area contributed by atoms with Gasteiger partial charge in [-0.15, -0.1) is 0 Å². The first-order valence-corrected chi connectivity index (χ1v) is 4.64. The summed E-state index contributed by atoms with van der Waals surface area (Å²) in [6.07, 6.45) is 2.85. The number of carboxylic acid groups (broad SMARTS) is 1. The maximum atomic E-state index is 10.3. The highest BCUT2D eigenvalue weighted by atomic mass is 16.4. The Kier molecular flexibility index (Phi) is 3.50. The monoisotopic (exact) mass is 197 g/mol. The van der Waals surface area contributed by atoms with Gasteiger partial charge in [0.15, 0.2) is 0 Å². The average molecular weight is 197 g/mol. The van der Waals surface area contributed by atoms with Crippen molar-refractivity contribution in [2.75, 3.05) is 11.9 Å². The number of rotatable bonds is 5. The van der Waals surface area contributed by atoms with Crippen molar-refractivity contribution in [1.82, 2.24) is 9.78 Å². The van der Waals surface area contributed by atoms with Crippen molar-refractivity contribution in [1.29, 1.82) is 0 Å². The molecule has 5 heteroatoms. The lowest BCUT2D eigenvalue weighted by Crippen LogP contribution is -2.13. The number of anilines is 1. The summed E-state index contributed by atoms with van der Waals surface area (Å²) in [4.78, 5) is 10.3. The molecule has 1 atom stereocenters. The molecule has 0 saturated carbocycles. The summed E-state index contributed by atoms with van der Waals surface area (Å²) in [7, 11) is 0. The Hall–Kier alpha value is -1.52. The molecule has 0 saturated heterocycles. The van der Waals surface area contributed by atoms with E-state index in [9.17, 15) is 4.79 Å². The first-order valence-electron chi connectivity index (χ1n) is 4.64. The van der Waals surface area contributed by atoms with Crippen LogP contribution in [0, 0.1) is 0 Å². The smallest absolute Gasteiger partial charge is 0.322 e. The predicted octanol–water partition coefficient (Wildman–Crippen LogP) is 1.35. The van der Waals surface area contributed by atoms with E-state index in [-0.39, 0.29) is 6.54 Å². The van der Waals surface area contributed by atoms with E-state index in [0.717, 1.165) is 6.42 Å². The fourth-order valence-corrected chi connectivity index (χ4v) is 1.03. The maximum absolute atomic E-state index is 10.3. The molecule has 1 unspecified atom stereocenters. The number of aromatic nitrogens is 2. The zero-order valence-corrected chi connectivity index (χ0v) is 8.40. The molecule has 1 aromatic rings. The maximum Gasteiger partial charge on any atom is 0.322 e. The van der Waals surface area contributed by atoms with Gasteiger partial charge >= 0.3 is 5.97 Å². The molecule has 0 aromatic carbocycles. The number of carboxylic acids is 1. The number of aliphatic carboxylic acids is 1. The molecule has 0 aliphatic rings. The molecular formula is C9H15N3O2. The van der Waals surface area contributed by atoms with Gasteiger partial charge in [-0.1, -0.05) is 6.92 Å². The Balaban J connectivity index is 2.54. The van der Waals surface area contributed by atoms with Crippen molar-refractivity contribution >= 4 is 11.8 Å². The molecule has 1 heterocycles. The van der Waals surface area contributed by atoms with Crippen LogP contribution in [0.3, 0.4) is 0 Å². The summed E-state index contributed by atoms with van der Waals surface area (Å²) in [6, 6.07) is 2.12. The summed E-state index contributed by atoms with van der Waals surface area (Å²) < 4.78 is 1.82. The van der Waals surface area contributed by atoms with Crippen molar-refractivity contribution in [2.24, 2.45) is 0 Å². The van der Waals surface area contributed by atoms with E-state index in [1.807, 2.05) is 10.9 Å². The van der Waals surface area contributed by atoms with Crippen LogP contribution in [0.1, 0.15) is 26.3 Å². The van der Waals surface area contributed by atoms with Crippen LogP contribution in [0.25, 0.3) is 0 Å². The third-order valence-electron chi connectivity index (χ3n) is 2.07. The second-order valence-corrected chi connectivity index (χ2v) is 3.19. The van der Waals surface area contributed by atoms with Gasteiger partial charge in [0.25, 0.3) is 0 Å². The van der Waals surface area contributed by atoms with Crippen LogP contribution in [0.4, 0.5) is 5.82 Å². The minimum absolute atomic E-state index is 0.0997. The van der Waals surface area contributed by atoms with Gasteiger partial charge in [-0.05, 0) is 13.3 Å². The van der Waals surface area contributed by atoms with Crippen LogP contribution in [-0.2, 0) is 4.79 Å². The van der Waals surface area contributed by atoms with Gasteiger partial charge in [0.2, 0.25) is 0 Å². The van der Waals surface area contributed by atoms with Crippen molar-refractivity contribution in [2.45, 2.75) is 26.3 Å². The second-order valence-electron chi connectivity index (χ2n) is 3.19. The summed E-state index contributed by atoms with van der Waals surface area (Å²) in [5.74, 6) is -0.282. The molecule has 0 radical (unpaired) electrons. The summed E-state index contributed by atoms with van der Waals surface area (Å²) in [5, 5.41) is 15.3. The zero-order valence-electron chi connectivity index (χ0n) is 8.40. The zero-order chi connectivity index (χ0) is 10.6. The summed E-state index contributed by atoms with van der Waals surface area (Å²) in [5.41, 5.74) is 0. The highest BCUT2D eigenvalue weighted by Gasteiger charge is 2.04. The van der Waals surface area contributed by atoms with Crippen LogP contribution < -0.4 is 5.32 Å². The highest BCUT2D eigenvalue weighted by Crippen LogP contribution is 2.11. The fraction of sp³-hybridized carbons (Fsp3) is 0.556. The molecule has 0 aliphatic carbocycles.